The Labute approximate surface area is 191 Å². The minimum Gasteiger partial charge on any atom is -0.483 e. The number of nitrogens with one attached hydrogen (secondary N) is 2. The number of carboxylic acid groups (broad SMARTS) is 1. The van der Waals surface area contributed by atoms with Gasteiger partial charge in [-0.05, 0) is 56.2 Å². The maximum absolute atomic E-state index is 12.4. The van der Waals surface area contributed by atoms with Crippen LogP contribution in [0, 0.1) is 12.8 Å². The Hall–Kier alpha value is -3.36. The SMILES string of the molecule is CC[C@H](C)[C@H](NC(=O)CNC(=O)COc1ccc2c3c(c(=O)oc2c1C)CCCC3)C(=O)O. The number of carboxylic acids is 1. The standard InChI is InChI=1S/C24H30N2O7/c1-4-13(2)21(23(29)30)26-19(27)11-25-20(28)12-32-18-10-9-16-15-7-5-6-8-17(15)24(31)33-22(16)14(18)3/h9-10,13,21H,4-8,11-12H2,1-3H3,(H,25,28)(H,26,27)(H,29,30)/t13-,21-/m0/s1. The van der Waals surface area contributed by atoms with Crippen LogP contribution in [0.3, 0.4) is 0 Å². The second kappa shape index (κ2) is 10.5. The van der Waals surface area contributed by atoms with Gasteiger partial charge in [-0.25, -0.2) is 9.59 Å². The Morgan fingerprint density at radius 3 is 2.52 bits per heavy atom. The zero-order valence-electron chi connectivity index (χ0n) is 19.2. The zero-order valence-corrected chi connectivity index (χ0v) is 19.2. The van der Waals surface area contributed by atoms with Gasteiger partial charge < -0.3 is 24.9 Å². The molecule has 0 bridgehead atoms. The number of carbonyl (C=O) groups excluding carboxylic acids is 2. The highest BCUT2D eigenvalue weighted by atomic mass is 16.5. The fraction of sp³-hybridized carbons (Fsp3) is 0.500. The van der Waals surface area contributed by atoms with Crippen molar-refractivity contribution >= 4 is 28.8 Å². The third-order valence-electron chi connectivity index (χ3n) is 6.19. The predicted molar refractivity (Wildman–Crippen MR) is 121 cm³/mol. The van der Waals surface area contributed by atoms with Crippen molar-refractivity contribution < 1.29 is 28.6 Å². The molecule has 2 aromatic rings. The molecule has 0 saturated carbocycles. The smallest absolute Gasteiger partial charge is 0.339 e. The summed E-state index contributed by atoms with van der Waals surface area (Å²) in [5.74, 6) is -2.08. The Morgan fingerprint density at radius 2 is 1.85 bits per heavy atom. The topological polar surface area (TPSA) is 135 Å². The third kappa shape index (κ3) is 5.53. The molecule has 0 fully saturated rings. The summed E-state index contributed by atoms with van der Waals surface area (Å²) in [6.45, 7) is 4.63. The molecule has 1 aliphatic rings. The van der Waals surface area contributed by atoms with E-state index in [9.17, 15) is 24.3 Å². The predicted octanol–water partition coefficient (Wildman–Crippen LogP) is 2.09. The van der Waals surface area contributed by atoms with Crippen molar-refractivity contribution in [1.29, 1.82) is 0 Å². The molecule has 1 aromatic carbocycles. The van der Waals surface area contributed by atoms with E-state index in [1.165, 1.54) is 0 Å². The number of hydrogen-bond acceptors (Lipinski definition) is 6. The Bertz CT molecular complexity index is 1120. The first-order valence-electron chi connectivity index (χ1n) is 11.2. The summed E-state index contributed by atoms with van der Waals surface area (Å²) < 4.78 is 11.2. The van der Waals surface area contributed by atoms with Crippen LogP contribution in [-0.2, 0) is 27.2 Å². The minimum atomic E-state index is -1.12. The number of benzene rings is 1. The van der Waals surface area contributed by atoms with Crippen LogP contribution < -0.4 is 21.0 Å². The van der Waals surface area contributed by atoms with Crippen LogP contribution in [0.5, 0.6) is 5.75 Å². The van der Waals surface area contributed by atoms with Gasteiger partial charge >= 0.3 is 11.6 Å². The Morgan fingerprint density at radius 1 is 1.15 bits per heavy atom. The molecule has 2 atom stereocenters. The first kappa shape index (κ1) is 24.3. The summed E-state index contributed by atoms with van der Waals surface area (Å²) in [6.07, 6.45) is 4.16. The van der Waals surface area contributed by atoms with Crippen LogP contribution in [-0.4, -0.2) is 42.1 Å². The maximum atomic E-state index is 12.4. The average molecular weight is 459 g/mol. The lowest BCUT2D eigenvalue weighted by Gasteiger charge is -2.20. The summed E-state index contributed by atoms with van der Waals surface area (Å²) in [5.41, 5.74) is 2.54. The van der Waals surface area contributed by atoms with Crippen molar-refractivity contribution in [3.63, 3.8) is 0 Å². The first-order valence-corrected chi connectivity index (χ1v) is 11.2. The fourth-order valence-electron chi connectivity index (χ4n) is 4.06. The van der Waals surface area contributed by atoms with Crippen LogP contribution in [0.4, 0.5) is 0 Å². The molecule has 9 nitrogen and oxygen atoms in total. The second-order valence-corrected chi connectivity index (χ2v) is 8.45. The van der Waals surface area contributed by atoms with Crippen LogP contribution in [0.1, 0.15) is 49.8 Å². The summed E-state index contributed by atoms with van der Waals surface area (Å²) >= 11 is 0. The fourth-order valence-corrected chi connectivity index (χ4v) is 4.06. The van der Waals surface area contributed by atoms with Gasteiger partial charge in [-0.15, -0.1) is 0 Å². The molecule has 1 heterocycles. The molecular formula is C24H30N2O7. The second-order valence-electron chi connectivity index (χ2n) is 8.45. The number of fused-ring (bicyclic) bond motifs is 3. The van der Waals surface area contributed by atoms with E-state index < -0.39 is 23.8 Å². The van der Waals surface area contributed by atoms with Crippen LogP contribution in [0.15, 0.2) is 21.3 Å². The quantitative estimate of drug-likeness (QED) is 0.490. The number of amides is 2. The number of aliphatic carboxylic acids is 1. The van der Waals surface area contributed by atoms with Gasteiger partial charge in [-0.1, -0.05) is 20.3 Å². The largest absolute Gasteiger partial charge is 0.483 e. The lowest BCUT2D eigenvalue weighted by atomic mass is 9.90. The van der Waals surface area contributed by atoms with Gasteiger partial charge in [0.25, 0.3) is 5.91 Å². The summed E-state index contributed by atoms with van der Waals surface area (Å²) in [6, 6.07) is 2.57. The van der Waals surface area contributed by atoms with Crippen molar-refractivity contribution in [1.82, 2.24) is 10.6 Å². The minimum absolute atomic E-state index is 0.243. The normalized spacial score (nSPS) is 14.8. The average Bonchev–Trinajstić information content (AvgIpc) is 2.80. The molecule has 1 aromatic heterocycles. The molecule has 0 saturated heterocycles. The number of rotatable bonds is 9. The lowest BCUT2D eigenvalue weighted by molar-refractivity contribution is -0.143. The van der Waals surface area contributed by atoms with Crippen molar-refractivity contribution in [3.05, 3.63) is 39.2 Å². The van der Waals surface area contributed by atoms with Crippen LogP contribution >= 0.6 is 0 Å². The molecule has 9 heteroatoms. The zero-order chi connectivity index (χ0) is 24.1. The monoisotopic (exact) mass is 458 g/mol. The molecule has 0 aliphatic heterocycles. The highest BCUT2D eigenvalue weighted by Gasteiger charge is 2.25. The molecular weight excluding hydrogens is 428 g/mol. The molecule has 33 heavy (non-hydrogen) atoms. The highest BCUT2D eigenvalue weighted by Crippen LogP contribution is 2.32. The number of ether oxygens (including phenoxy) is 1. The van der Waals surface area contributed by atoms with Gasteiger partial charge in [-0.3, -0.25) is 9.59 Å². The van der Waals surface area contributed by atoms with E-state index in [0.717, 1.165) is 42.2 Å². The van der Waals surface area contributed by atoms with Crippen LogP contribution in [0.2, 0.25) is 0 Å². The number of hydrogen-bond donors (Lipinski definition) is 3. The molecule has 3 rings (SSSR count). The van der Waals surface area contributed by atoms with Gasteiger partial charge in [0.1, 0.15) is 17.4 Å². The van der Waals surface area contributed by atoms with Crippen molar-refractivity contribution in [2.75, 3.05) is 13.2 Å². The molecule has 0 radical (unpaired) electrons. The summed E-state index contributed by atoms with van der Waals surface area (Å²) in [7, 11) is 0. The van der Waals surface area contributed by atoms with Gasteiger partial charge in [0.2, 0.25) is 5.91 Å². The van der Waals surface area contributed by atoms with Crippen molar-refractivity contribution in [3.8, 4) is 5.75 Å². The molecule has 178 valence electrons. The molecule has 1 aliphatic carbocycles. The van der Waals surface area contributed by atoms with E-state index in [-0.39, 0.29) is 24.7 Å². The molecule has 0 unspecified atom stereocenters. The Kier molecular flexibility index (Phi) is 7.73. The molecule has 0 spiro atoms. The summed E-state index contributed by atoms with van der Waals surface area (Å²) in [4.78, 5) is 47.9. The highest BCUT2D eigenvalue weighted by molar-refractivity contribution is 5.89. The maximum Gasteiger partial charge on any atom is 0.339 e. The van der Waals surface area contributed by atoms with Crippen LogP contribution in [0.25, 0.3) is 11.0 Å². The van der Waals surface area contributed by atoms with Gasteiger partial charge in [0.05, 0.1) is 6.54 Å². The Balaban J connectivity index is 1.60. The van der Waals surface area contributed by atoms with E-state index >= 15 is 0 Å². The van der Waals surface area contributed by atoms with Crippen molar-refractivity contribution in [2.24, 2.45) is 5.92 Å². The number of aryl methyl sites for hydroxylation is 2. The van der Waals surface area contributed by atoms with E-state index in [0.29, 0.717) is 23.3 Å². The van der Waals surface area contributed by atoms with Gasteiger partial charge in [-0.2, -0.15) is 0 Å². The molecule has 3 N–H and O–H groups in total. The van der Waals surface area contributed by atoms with E-state index in [2.05, 4.69) is 10.6 Å². The number of carbonyl (C=O) groups is 3. The third-order valence-corrected chi connectivity index (χ3v) is 6.19. The van der Waals surface area contributed by atoms with E-state index in [1.54, 1.807) is 19.9 Å². The van der Waals surface area contributed by atoms with E-state index in [1.807, 2.05) is 13.0 Å². The van der Waals surface area contributed by atoms with Gasteiger partial charge in [0.15, 0.2) is 6.61 Å². The van der Waals surface area contributed by atoms with Gasteiger partial charge in [0, 0.05) is 16.5 Å². The first-order chi connectivity index (χ1) is 15.7. The van der Waals surface area contributed by atoms with E-state index in [4.69, 9.17) is 9.15 Å². The molecule has 2 amide bonds. The summed E-state index contributed by atoms with van der Waals surface area (Å²) in [5, 5.41) is 15.0. The lowest BCUT2D eigenvalue weighted by Crippen LogP contribution is -2.48. The van der Waals surface area contributed by atoms with Crippen molar-refractivity contribution in [2.45, 2.75) is 58.9 Å².